The highest BCUT2D eigenvalue weighted by Gasteiger charge is 2.38. The second-order valence-corrected chi connectivity index (χ2v) is 6.47. The maximum atomic E-state index is 12.3. The number of fused-ring (bicyclic) bond motifs is 1. The van der Waals surface area contributed by atoms with Crippen molar-refractivity contribution in [1.82, 2.24) is 9.78 Å². The van der Waals surface area contributed by atoms with Gasteiger partial charge in [0, 0.05) is 11.5 Å². The van der Waals surface area contributed by atoms with Crippen LogP contribution in [0.5, 0.6) is 0 Å². The van der Waals surface area contributed by atoms with Crippen molar-refractivity contribution >= 4 is 49.2 Å². The molecule has 21 heavy (non-hydrogen) atoms. The van der Waals surface area contributed by atoms with Crippen molar-refractivity contribution in [2.24, 2.45) is 7.05 Å². The number of carbonyl (C=O) groups excluding carboxylic acids is 2. The van der Waals surface area contributed by atoms with Crippen molar-refractivity contribution in [3.8, 4) is 0 Å². The van der Waals surface area contributed by atoms with E-state index in [9.17, 15) is 9.59 Å². The van der Waals surface area contributed by atoms with Crippen LogP contribution in [0.25, 0.3) is 0 Å². The molecular weight excluding hydrogens is 402 g/mol. The van der Waals surface area contributed by atoms with Gasteiger partial charge in [0.15, 0.2) is 0 Å². The number of aryl methyl sites for hydroxylation is 2. The highest BCUT2D eigenvalue weighted by atomic mass is 79.9. The summed E-state index contributed by atoms with van der Waals surface area (Å²) in [5.74, 6) is -0.991. The Morgan fingerprint density at radius 1 is 1.24 bits per heavy atom. The Bertz CT molecular complexity index is 783. The molecule has 7 heteroatoms. The van der Waals surface area contributed by atoms with Gasteiger partial charge in [-0.1, -0.05) is 6.07 Å². The summed E-state index contributed by atoms with van der Waals surface area (Å²) in [5, 5.41) is 4.31. The zero-order chi connectivity index (χ0) is 15.3. The molecule has 0 aliphatic carbocycles. The molecule has 0 unspecified atom stereocenters. The third-order valence-corrected chi connectivity index (χ3v) is 5.21. The van der Waals surface area contributed by atoms with Crippen LogP contribution in [0, 0.1) is 6.92 Å². The summed E-state index contributed by atoms with van der Waals surface area (Å²) in [5.41, 5.74) is 2.75. The highest BCUT2D eigenvalue weighted by molar-refractivity contribution is 9.10. The largest absolute Gasteiger partial charge is 0.299 e. The molecule has 0 spiro atoms. The smallest absolute Gasteiger partial charge is 0.299 e. The number of hydrogen-bond donors (Lipinski definition) is 0. The summed E-state index contributed by atoms with van der Waals surface area (Å²) in [4.78, 5) is 25.9. The number of aromatic nitrogens is 2. The Labute approximate surface area is 138 Å². The lowest BCUT2D eigenvalue weighted by Crippen LogP contribution is -2.30. The van der Waals surface area contributed by atoms with E-state index in [-0.39, 0.29) is 0 Å². The molecule has 2 heterocycles. The maximum Gasteiger partial charge on any atom is 0.299 e. The van der Waals surface area contributed by atoms with Crippen LogP contribution < -0.4 is 4.90 Å². The molecule has 1 aromatic heterocycles. The molecule has 0 atom stereocenters. The zero-order valence-corrected chi connectivity index (χ0v) is 14.5. The predicted octanol–water partition coefficient (Wildman–Crippen LogP) is 2.98. The average molecular weight is 413 g/mol. The fourth-order valence-electron chi connectivity index (χ4n) is 2.46. The van der Waals surface area contributed by atoms with Crippen LogP contribution in [-0.4, -0.2) is 21.5 Å². The van der Waals surface area contributed by atoms with Gasteiger partial charge < -0.3 is 0 Å². The van der Waals surface area contributed by atoms with E-state index in [2.05, 4.69) is 37.0 Å². The van der Waals surface area contributed by atoms with Crippen LogP contribution in [0.3, 0.4) is 0 Å². The third kappa shape index (κ3) is 2.15. The van der Waals surface area contributed by atoms with Gasteiger partial charge in [0.1, 0.15) is 0 Å². The molecule has 0 saturated carbocycles. The number of carbonyl (C=O) groups is 2. The normalized spacial score (nSPS) is 14.0. The third-order valence-electron chi connectivity index (χ3n) is 3.52. The molecule has 1 aliphatic rings. The van der Waals surface area contributed by atoms with E-state index in [0.29, 0.717) is 22.3 Å². The first-order valence-corrected chi connectivity index (χ1v) is 7.83. The lowest BCUT2D eigenvalue weighted by atomic mass is 10.1. The van der Waals surface area contributed by atoms with Gasteiger partial charge in [-0.3, -0.25) is 19.2 Å². The molecule has 0 saturated heterocycles. The number of rotatable bonds is 2. The van der Waals surface area contributed by atoms with E-state index in [1.807, 2.05) is 20.0 Å². The molecule has 108 valence electrons. The van der Waals surface area contributed by atoms with E-state index >= 15 is 0 Å². The van der Waals surface area contributed by atoms with Crippen LogP contribution >= 0.6 is 31.9 Å². The number of nitrogens with zero attached hydrogens (tertiary/aromatic N) is 3. The molecule has 0 N–H and O–H groups in total. The molecule has 0 bridgehead atoms. The number of anilines is 1. The second-order valence-electron chi connectivity index (χ2n) is 4.82. The van der Waals surface area contributed by atoms with Crippen molar-refractivity contribution in [1.29, 1.82) is 0 Å². The molecule has 3 rings (SSSR count). The molecule has 5 nitrogen and oxygen atoms in total. The number of halogens is 2. The molecule has 2 aromatic rings. The number of ketones is 1. The van der Waals surface area contributed by atoms with Crippen LogP contribution in [0.4, 0.5) is 5.69 Å². The Hall–Kier alpha value is -1.47. The average Bonchev–Trinajstić information content (AvgIpc) is 2.82. The first-order chi connectivity index (χ1) is 9.91. The number of Topliss-reactive ketones (excluding diaryl/α,β-unsaturated/α-hetero) is 1. The molecular formula is C14H11Br2N3O2. The van der Waals surface area contributed by atoms with Crippen molar-refractivity contribution in [3.63, 3.8) is 0 Å². The van der Waals surface area contributed by atoms with E-state index in [1.165, 1.54) is 4.90 Å². The van der Waals surface area contributed by atoms with Crippen molar-refractivity contribution in [2.75, 3.05) is 4.90 Å². The molecule has 0 radical (unpaired) electrons. The molecule has 1 aromatic carbocycles. The Balaban J connectivity index is 2.07. The summed E-state index contributed by atoms with van der Waals surface area (Å²) < 4.78 is 3.21. The van der Waals surface area contributed by atoms with E-state index in [4.69, 9.17) is 0 Å². The quantitative estimate of drug-likeness (QED) is 0.712. The van der Waals surface area contributed by atoms with E-state index < -0.39 is 11.7 Å². The van der Waals surface area contributed by atoms with Gasteiger partial charge in [0.2, 0.25) is 0 Å². The fraction of sp³-hybridized carbons (Fsp3) is 0.214. The first kappa shape index (κ1) is 14.5. The minimum atomic E-state index is -0.511. The van der Waals surface area contributed by atoms with E-state index in [0.717, 1.165) is 15.9 Å². The van der Waals surface area contributed by atoms with Gasteiger partial charge in [-0.05, 0) is 50.9 Å². The van der Waals surface area contributed by atoms with Crippen LogP contribution in [0.1, 0.15) is 21.7 Å². The van der Waals surface area contributed by atoms with Gasteiger partial charge in [-0.25, -0.2) is 0 Å². The fourth-order valence-corrected chi connectivity index (χ4v) is 3.46. The Kier molecular flexibility index (Phi) is 3.49. The Morgan fingerprint density at radius 2 is 1.95 bits per heavy atom. The van der Waals surface area contributed by atoms with Crippen molar-refractivity contribution in [3.05, 3.63) is 44.1 Å². The molecule has 1 amide bonds. The minimum absolute atomic E-state index is 0.298. The SMILES string of the molecule is Cc1nn(C)c(CN2C(=O)C(=O)c3c(Br)cccc32)c1Br. The minimum Gasteiger partial charge on any atom is -0.299 e. The van der Waals surface area contributed by atoms with Gasteiger partial charge in [0.25, 0.3) is 11.7 Å². The summed E-state index contributed by atoms with van der Waals surface area (Å²) in [6, 6.07) is 5.35. The molecule has 0 fully saturated rings. The van der Waals surface area contributed by atoms with Gasteiger partial charge in [0.05, 0.1) is 33.7 Å². The van der Waals surface area contributed by atoms with Crippen LogP contribution in [0.2, 0.25) is 0 Å². The summed E-state index contributed by atoms with van der Waals surface area (Å²) >= 11 is 6.82. The maximum absolute atomic E-state index is 12.3. The topological polar surface area (TPSA) is 55.2 Å². The lowest BCUT2D eigenvalue weighted by molar-refractivity contribution is -0.114. The van der Waals surface area contributed by atoms with Gasteiger partial charge >= 0.3 is 0 Å². The standard InChI is InChI=1S/C14H11Br2N3O2/c1-7-12(16)10(18(2)17-7)6-19-9-5-3-4-8(15)11(9)13(20)14(19)21/h3-5H,6H2,1-2H3. The highest BCUT2D eigenvalue weighted by Crippen LogP contribution is 2.36. The molecule has 1 aliphatic heterocycles. The van der Waals surface area contributed by atoms with Crippen molar-refractivity contribution in [2.45, 2.75) is 13.5 Å². The first-order valence-electron chi connectivity index (χ1n) is 6.24. The van der Waals surface area contributed by atoms with Crippen LogP contribution in [0.15, 0.2) is 27.1 Å². The van der Waals surface area contributed by atoms with Crippen molar-refractivity contribution < 1.29 is 9.59 Å². The lowest BCUT2D eigenvalue weighted by Gasteiger charge is -2.17. The van der Waals surface area contributed by atoms with Crippen LogP contribution in [-0.2, 0) is 18.4 Å². The predicted molar refractivity (Wildman–Crippen MR) is 85.3 cm³/mol. The zero-order valence-electron chi connectivity index (χ0n) is 11.4. The second kappa shape index (κ2) is 5.06. The monoisotopic (exact) mass is 411 g/mol. The van der Waals surface area contributed by atoms with Gasteiger partial charge in [-0.2, -0.15) is 5.10 Å². The summed E-state index contributed by atoms with van der Waals surface area (Å²) in [6.45, 7) is 2.18. The Morgan fingerprint density at radius 3 is 2.57 bits per heavy atom. The number of amides is 1. The summed E-state index contributed by atoms with van der Waals surface area (Å²) in [6.07, 6.45) is 0. The number of benzene rings is 1. The van der Waals surface area contributed by atoms with Gasteiger partial charge in [-0.15, -0.1) is 0 Å². The number of hydrogen-bond acceptors (Lipinski definition) is 3. The van der Waals surface area contributed by atoms with E-state index in [1.54, 1.807) is 16.8 Å². The summed E-state index contributed by atoms with van der Waals surface area (Å²) in [7, 11) is 1.82.